The largest absolute Gasteiger partial charge is 0.493 e. The molecule has 0 aliphatic heterocycles. The van der Waals surface area contributed by atoms with Gasteiger partial charge in [0.15, 0.2) is 17.3 Å². The number of nitrogens with one attached hydrogen (secondary N) is 2. The highest BCUT2D eigenvalue weighted by Crippen LogP contribution is 2.44. The Morgan fingerprint density at radius 2 is 2.00 bits per heavy atom. The van der Waals surface area contributed by atoms with Crippen LogP contribution in [0.15, 0.2) is 35.1 Å². The summed E-state index contributed by atoms with van der Waals surface area (Å²) in [6, 6.07) is 5.17. The van der Waals surface area contributed by atoms with Crippen molar-refractivity contribution in [3.63, 3.8) is 0 Å². The van der Waals surface area contributed by atoms with Gasteiger partial charge in [0.1, 0.15) is 0 Å². The maximum atomic E-state index is 11.9. The van der Waals surface area contributed by atoms with Gasteiger partial charge in [-0.25, -0.2) is 0 Å². The van der Waals surface area contributed by atoms with E-state index in [1.807, 2.05) is 12.3 Å². The van der Waals surface area contributed by atoms with Crippen LogP contribution in [-0.4, -0.2) is 38.8 Å². The number of fused-ring (bicyclic) bond motifs is 1. The summed E-state index contributed by atoms with van der Waals surface area (Å²) < 4.78 is 21.4. The Bertz CT molecular complexity index is 867. The Morgan fingerprint density at radius 3 is 2.64 bits per heavy atom. The average Bonchev–Trinajstić information content (AvgIpc) is 3.30. The van der Waals surface area contributed by atoms with E-state index in [4.69, 9.17) is 18.6 Å². The molecule has 0 spiro atoms. The number of rotatable bonds is 7. The molecule has 3 rings (SSSR count). The first-order valence-corrected chi connectivity index (χ1v) is 7.80. The van der Waals surface area contributed by atoms with Crippen molar-refractivity contribution in [3.05, 3.63) is 42.0 Å². The Labute approximate surface area is 144 Å². The van der Waals surface area contributed by atoms with Crippen molar-refractivity contribution in [2.75, 3.05) is 27.9 Å². The summed E-state index contributed by atoms with van der Waals surface area (Å²) in [7, 11) is 4.74. The molecule has 0 unspecified atom stereocenters. The molecule has 25 heavy (non-hydrogen) atoms. The van der Waals surface area contributed by atoms with Crippen LogP contribution in [0.25, 0.3) is 10.9 Å². The van der Waals surface area contributed by atoms with E-state index >= 15 is 0 Å². The molecule has 0 saturated heterocycles. The molecule has 0 fully saturated rings. The van der Waals surface area contributed by atoms with Crippen molar-refractivity contribution in [2.45, 2.75) is 6.42 Å². The molecular weight excluding hydrogens is 324 g/mol. The molecule has 0 saturated carbocycles. The van der Waals surface area contributed by atoms with Crippen molar-refractivity contribution in [1.82, 2.24) is 10.3 Å². The van der Waals surface area contributed by atoms with E-state index < -0.39 is 0 Å². The first-order valence-electron chi connectivity index (χ1n) is 7.80. The highest BCUT2D eigenvalue weighted by atomic mass is 16.5. The normalized spacial score (nSPS) is 10.7. The first kappa shape index (κ1) is 16.8. The smallest absolute Gasteiger partial charge is 0.286 e. The SMILES string of the molecule is COc1cc2[nH]cc(CCNC(=O)c3ccco3)c2c(OC)c1OC. The van der Waals surface area contributed by atoms with Crippen molar-refractivity contribution < 1.29 is 23.4 Å². The minimum atomic E-state index is -0.240. The summed E-state index contributed by atoms with van der Waals surface area (Å²) in [5.41, 5.74) is 1.88. The van der Waals surface area contributed by atoms with Crippen molar-refractivity contribution in [3.8, 4) is 17.2 Å². The fourth-order valence-corrected chi connectivity index (χ4v) is 2.83. The summed E-state index contributed by atoms with van der Waals surface area (Å²) >= 11 is 0. The molecule has 0 bridgehead atoms. The van der Waals surface area contributed by atoms with Crippen LogP contribution in [0.3, 0.4) is 0 Å². The molecule has 7 heteroatoms. The zero-order valence-corrected chi connectivity index (χ0v) is 14.3. The van der Waals surface area contributed by atoms with Crippen molar-refractivity contribution >= 4 is 16.8 Å². The zero-order chi connectivity index (χ0) is 17.8. The highest BCUT2D eigenvalue weighted by Gasteiger charge is 2.19. The molecule has 2 aromatic heterocycles. The number of aromatic nitrogens is 1. The Hall–Kier alpha value is -3.09. The topological polar surface area (TPSA) is 85.7 Å². The lowest BCUT2D eigenvalue weighted by molar-refractivity contribution is 0.0926. The maximum absolute atomic E-state index is 11.9. The minimum Gasteiger partial charge on any atom is -0.493 e. The Kier molecular flexibility index (Phi) is 4.83. The predicted molar refractivity (Wildman–Crippen MR) is 92.7 cm³/mol. The predicted octanol–water partition coefficient (Wildman–Crippen LogP) is 2.76. The fourth-order valence-electron chi connectivity index (χ4n) is 2.83. The number of H-pyrrole nitrogens is 1. The van der Waals surface area contributed by atoms with E-state index in [-0.39, 0.29) is 5.91 Å². The second-order valence-corrected chi connectivity index (χ2v) is 5.37. The van der Waals surface area contributed by atoms with E-state index in [0.717, 1.165) is 16.5 Å². The van der Waals surface area contributed by atoms with E-state index in [0.29, 0.717) is 36.0 Å². The lowest BCUT2D eigenvalue weighted by Gasteiger charge is -2.14. The number of carbonyl (C=O) groups is 1. The first-order chi connectivity index (χ1) is 12.2. The summed E-state index contributed by atoms with van der Waals surface area (Å²) in [4.78, 5) is 15.1. The second-order valence-electron chi connectivity index (χ2n) is 5.37. The number of methoxy groups -OCH3 is 3. The molecular formula is C18H20N2O5. The van der Waals surface area contributed by atoms with Gasteiger partial charge in [-0.3, -0.25) is 4.79 Å². The molecule has 0 radical (unpaired) electrons. The number of amides is 1. The van der Waals surface area contributed by atoms with Gasteiger partial charge in [-0.2, -0.15) is 0 Å². The molecule has 0 atom stereocenters. The van der Waals surface area contributed by atoms with Crippen LogP contribution in [0.2, 0.25) is 0 Å². The lowest BCUT2D eigenvalue weighted by Crippen LogP contribution is -2.25. The van der Waals surface area contributed by atoms with Gasteiger partial charge in [-0.05, 0) is 24.1 Å². The number of hydrogen-bond donors (Lipinski definition) is 2. The van der Waals surface area contributed by atoms with Gasteiger partial charge in [-0.1, -0.05) is 0 Å². The molecule has 7 nitrogen and oxygen atoms in total. The molecule has 1 aromatic carbocycles. The van der Waals surface area contributed by atoms with Gasteiger partial charge in [0, 0.05) is 24.2 Å². The summed E-state index contributed by atoms with van der Waals surface area (Å²) in [5.74, 6) is 1.79. The van der Waals surface area contributed by atoms with Gasteiger partial charge < -0.3 is 28.9 Å². The van der Waals surface area contributed by atoms with Crippen LogP contribution in [0.5, 0.6) is 17.2 Å². The van der Waals surface area contributed by atoms with Gasteiger partial charge in [0.05, 0.1) is 33.1 Å². The van der Waals surface area contributed by atoms with Crippen LogP contribution in [-0.2, 0) is 6.42 Å². The third kappa shape index (κ3) is 3.13. The molecule has 132 valence electrons. The molecule has 2 heterocycles. The van der Waals surface area contributed by atoms with Gasteiger partial charge >= 0.3 is 0 Å². The van der Waals surface area contributed by atoms with Gasteiger partial charge in [0.25, 0.3) is 5.91 Å². The number of ether oxygens (including phenoxy) is 3. The zero-order valence-electron chi connectivity index (χ0n) is 14.3. The number of furan rings is 1. The van der Waals surface area contributed by atoms with Gasteiger partial charge in [0.2, 0.25) is 5.75 Å². The molecule has 0 aliphatic carbocycles. The van der Waals surface area contributed by atoms with Crippen LogP contribution >= 0.6 is 0 Å². The monoisotopic (exact) mass is 344 g/mol. The molecule has 0 aliphatic rings. The van der Waals surface area contributed by atoms with E-state index in [1.54, 1.807) is 33.5 Å². The van der Waals surface area contributed by atoms with Crippen molar-refractivity contribution in [2.24, 2.45) is 0 Å². The molecule has 1 amide bonds. The summed E-state index contributed by atoms with van der Waals surface area (Å²) in [6.45, 7) is 0.462. The summed E-state index contributed by atoms with van der Waals surface area (Å²) in [5, 5.41) is 3.74. The lowest BCUT2D eigenvalue weighted by atomic mass is 10.1. The highest BCUT2D eigenvalue weighted by molar-refractivity contribution is 5.94. The maximum Gasteiger partial charge on any atom is 0.286 e. The standard InChI is InChI=1S/C18H20N2O5/c1-22-14-9-12-15(17(24-3)16(14)23-2)11(10-20-12)6-7-19-18(21)13-5-4-8-25-13/h4-5,8-10,20H,6-7H2,1-3H3,(H,19,21). The average molecular weight is 344 g/mol. The van der Waals surface area contributed by atoms with Crippen LogP contribution < -0.4 is 19.5 Å². The Balaban J connectivity index is 1.83. The van der Waals surface area contributed by atoms with E-state index in [1.165, 1.54) is 6.26 Å². The second kappa shape index (κ2) is 7.21. The molecule has 3 aromatic rings. The van der Waals surface area contributed by atoms with E-state index in [2.05, 4.69) is 10.3 Å². The third-order valence-corrected chi connectivity index (χ3v) is 3.98. The minimum absolute atomic E-state index is 0.240. The Morgan fingerprint density at radius 1 is 1.20 bits per heavy atom. The quantitative estimate of drug-likeness (QED) is 0.688. The van der Waals surface area contributed by atoms with E-state index in [9.17, 15) is 4.79 Å². The number of hydrogen-bond acceptors (Lipinski definition) is 5. The fraction of sp³-hybridized carbons (Fsp3) is 0.278. The third-order valence-electron chi connectivity index (χ3n) is 3.98. The van der Waals surface area contributed by atoms with Crippen molar-refractivity contribution in [1.29, 1.82) is 0 Å². The van der Waals surface area contributed by atoms with Crippen LogP contribution in [0.4, 0.5) is 0 Å². The summed E-state index contributed by atoms with van der Waals surface area (Å²) in [6.07, 6.45) is 3.99. The van der Waals surface area contributed by atoms with Gasteiger partial charge in [-0.15, -0.1) is 0 Å². The van der Waals surface area contributed by atoms with Crippen LogP contribution in [0, 0.1) is 0 Å². The van der Waals surface area contributed by atoms with Crippen LogP contribution in [0.1, 0.15) is 16.1 Å². The number of carbonyl (C=O) groups excluding carboxylic acids is 1. The number of benzene rings is 1. The molecule has 2 N–H and O–H groups in total. The number of aromatic amines is 1.